The largest absolute Gasteiger partial charge is 0.340 e. The summed E-state index contributed by atoms with van der Waals surface area (Å²) in [5.74, 6) is 1.12. The van der Waals surface area contributed by atoms with Crippen molar-refractivity contribution in [3.63, 3.8) is 0 Å². The van der Waals surface area contributed by atoms with Crippen LogP contribution in [0.15, 0.2) is 65.8 Å². The molecule has 0 radical (unpaired) electrons. The van der Waals surface area contributed by atoms with Gasteiger partial charge in [0.2, 0.25) is 0 Å². The highest BCUT2D eigenvalue weighted by molar-refractivity contribution is 5.95. The molecule has 4 aromatic rings. The number of aromatic nitrogens is 3. The molecule has 7 heteroatoms. The number of nitrogens with two attached hydrogens (primary N) is 1. The SMILES string of the molecule is NCc1cncc(-c2cc3cc[nH]c(=O)c3c(Nc3ccc(C4CCNCC4)cc3)n2)c1. The molecule has 0 saturated carbocycles. The number of pyridine rings is 3. The fraction of sp³-hybridized carbons (Fsp3) is 0.240. The minimum absolute atomic E-state index is 0.177. The molecule has 3 aromatic heterocycles. The summed E-state index contributed by atoms with van der Waals surface area (Å²) in [6.45, 7) is 2.54. The Balaban J connectivity index is 1.53. The monoisotopic (exact) mass is 426 g/mol. The number of rotatable bonds is 5. The van der Waals surface area contributed by atoms with E-state index in [1.54, 1.807) is 18.6 Å². The third-order valence-corrected chi connectivity index (χ3v) is 6.06. The van der Waals surface area contributed by atoms with Crippen LogP contribution < -0.4 is 21.9 Å². The quantitative estimate of drug-likeness (QED) is 0.388. The molecule has 1 aliphatic heterocycles. The van der Waals surface area contributed by atoms with E-state index in [2.05, 4.69) is 44.9 Å². The number of fused-ring (bicyclic) bond motifs is 1. The Labute approximate surface area is 186 Å². The van der Waals surface area contributed by atoms with Crippen molar-refractivity contribution in [2.45, 2.75) is 25.3 Å². The molecule has 0 bridgehead atoms. The lowest BCUT2D eigenvalue weighted by Crippen LogP contribution is -2.26. The van der Waals surface area contributed by atoms with E-state index in [9.17, 15) is 4.79 Å². The van der Waals surface area contributed by atoms with E-state index in [1.165, 1.54) is 5.56 Å². The van der Waals surface area contributed by atoms with E-state index < -0.39 is 0 Å². The lowest BCUT2D eigenvalue weighted by atomic mass is 9.90. The van der Waals surface area contributed by atoms with Gasteiger partial charge in [-0.2, -0.15) is 0 Å². The Bertz CT molecular complexity index is 1290. The first-order valence-electron chi connectivity index (χ1n) is 11.0. The molecule has 0 aliphatic carbocycles. The summed E-state index contributed by atoms with van der Waals surface area (Å²) < 4.78 is 0. The highest BCUT2D eigenvalue weighted by Gasteiger charge is 2.16. The normalized spacial score (nSPS) is 14.5. The van der Waals surface area contributed by atoms with Crippen LogP contribution in [0.2, 0.25) is 0 Å². The van der Waals surface area contributed by atoms with Crippen LogP contribution in [0.25, 0.3) is 22.0 Å². The fourth-order valence-electron chi connectivity index (χ4n) is 4.32. The van der Waals surface area contributed by atoms with Crippen molar-refractivity contribution in [1.29, 1.82) is 0 Å². The van der Waals surface area contributed by atoms with Crippen LogP contribution in [-0.2, 0) is 6.54 Å². The molecule has 1 saturated heterocycles. The van der Waals surface area contributed by atoms with Crippen LogP contribution in [0.3, 0.4) is 0 Å². The number of hydrogen-bond acceptors (Lipinski definition) is 6. The number of nitrogens with zero attached hydrogens (tertiary/aromatic N) is 2. The van der Waals surface area contributed by atoms with Crippen LogP contribution in [0.4, 0.5) is 11.5 Å². The Morgan fingerprint density at radius 1 is 1.06 bits per heavy atom. The van der Waals surface area contributed by atoms with Crippen molar-refractivity contribution < 1.29 is 0 Å². The van der Waals surface area contributed by atoms with Gasteiger partial charge >= 0.3 is 0 Å². The molecule has 0 atom stereocenters. The zero-order chi connectivity index (χ0) is 21.9. The Morgan fingerprint density at radius 3 is 2.66 bits per heavy atom. The number of nitrogens with one attached hydrogen (secondary N) is 3. The van der Waals surface area contributed by atoms with E-state index >= 15 is 0 Å². The van der Waals surface area contributed by atoms with Crippen molar-refractivity contribution in [3.8, 4) is 11.3 Å². The first-order chi connectivity index (χ1) is 15.7. The van der Waals surface area contributed by atoms with Crippen molar-refractivity contribution >= 4 is 22.3 Å². The first kappa shape index (κ1) is 20.4. The van der Waals surface area contributed by atoms with Gasteiger partial charge in [-0.05, 0) is 78.7 Å². The van der Waals surface area contributed by atoms with Gasteiger partial charge in [-0.1, -0.05) is 12.1 Å². The van der Waals surface area contributed by atoms with Crippen molar-refractivity contribution in [2.75, 3.05) is 18.4 Å². The lowest BCUT2D eigenvalue weighted by molar-refractivity contribution is 0.460. The highest BCUT2D eigenvalue weighted by Crippen LogP contribution is 2.30. The topological polar surface area (TPSA) is 109 Å². The van der Waals surface area contributed by atoms with Gasteiger partial charge in [-0.3, -0.25) is 9.78 Å². The minimum atomic E-state index is -0.177. The molecular weight excluding hydrogens is 400 g/mol. The molecule has 5 N–H and O–H groups in total. The summed E-state index contributed by atoms with van der Waals surface area (Å²) in [7, 11) is 0. The second-order valence-corrected chi connectivity index (χ2v) is 8.18. The summed E-state index contributed by atoms with van der Waals surface area (Å²) in [6.07, 6.45) is 7.48. The first-order valence-corrected chi connectivity index (χ1v) is 11.0. The van der Waals surface area contributed by atoms with E-state index in [0.717, 1.165) is 53.8 Å². The van der Waals surface area contributed by atoms with Crippen molar-refractivity contribution in [1.82, 2.24) is 20.3 Å². The molecule has 1 aromatic carbocycles. The maximum atomic E-state index is 12.6. The van der Waals surface area contributed by atoms with Crippen molar-refractivity contribution in [3.05, 3.63) is 82.5 Å². The van der Waals surface area contributed by atoms with E-state index in [0.29, 0.717) is 23.7 Å². The second kappa shape index (κ2) is 8.90. The van der Waals surface area contributed by atoms with Gasteiger partial charge in [0, 0.05) is 36.4 Å². The third-order valence-electron chi connectivity index (χ3n) is 6.06. The highest BCUT2D eigenvalue weighted by atomic mass is 16.1. The van der Waals surface area contributed by atoms with Gasteiger partial charge in [0.25, 0.3) is 5.56 Å². The summed E-state index contributed by atoms with van der Waals surface area (Å²) in [5, 5.41) is 8.12. The zero-order valence-electron chi connectivity index (χ0n) is 17.8. The molecule has 4 heterocycles. The Hall–Kier alpha value is -3.55. The van der Waals surface area contributed by atoms with E-state index in [1.807, 2.05) is 18.2 Å². The zero-order valence-corrected chi connectivity index (χ0v) is 17.8. The van der Waals surface area contributed by atoms with Crippen LogP contribution >= 0.6 is 0 Å². The lowest BCUT2D eigenvalue weighted by Gasteiger charge is -2.23. The van der Waals surface area contributed by atoms with Gasteiger partial charge in [0.15, 0.2) is 0 Å². The van der Waals surface area contributed by atoms with Crippen molar-refractivity contribution in [2.24, 2.45) is 5.73 Å². The summed E-state index contributed by atoms with van der Waals surface area (Å²) in [5.41, 5.74) is 10.4. The molecule has 0 amide bonds. The van der Waals surface area contributed by atoms with Crippen LogP contribution in [0, 0.1) is 0 Å². The maximum Gasteiger partial charge on any atom is 0.259 e. The summed E-state index contributed by atoms with van der Waals surface area (Å²) in [6, 6.07) is 14.2. The molecule has 1 fully saturated rings. The molecule has 7 nitrogen and oxygen atoms in total. The number of benzene rings is 1. The fourth-order valence-corrected chi connectivity index (χ4v) is 4.32. The molecule has 1 aliphatic rings. The number of H-pyrrole nitrogens is 1. The third kappa shape index (κ3) is 4.12. The number of piperidine rings is 1. The minimum Gasteiger partial charge on any atom is -0.340 e. The Morgan fingerprint density at radius 2 is 1.88 bits per heavy atom. The number of anilines is 2. The number of aromatic amines is 1. The van der Waals surface area contributed by atoms with Gasteiger partial charge < -0.3 is 21.4 Å². The van der Waals surface area contributed by atoms with Gasteiger partial charge in [0.1, 0.15) is 5.82 Å². The van der Waals surface area contributed by atoms with E-state index in [-0.39, 0.29) is 5.56 Å². The average molecular weight is 427 g/mol. The van der Waals surface area contributed by atoms with Gasteiger partial charge in [-0.15, -0.1) is 0 Å². The van der Waals surface area contributed by atoms with Crippen LogP contribution in [0.5, 0.6) is 0 Å². The summed E-state index contributed by atoms with van der Waals surface area (Å²) in [4.78, 5) is 24.5. The van der Waals surface area contributed by atoms with Crippen LogP contribution in [-0.4, -0.2) is 28.0 Å². The molecule has 5 rings (SSSR count). The van der Waals surface area contributed by atoms with E-state index in [4.69, 9.17) is 10.7 Å². The Kier molecular flexibility index (Phi) is 5.66. The molecule has 0 unspecified atom stereocenters. The molecule has 0 spiro atoms. The standard InChI is InChI=1S/C25H26N6O/c26-13-16-11-20(15-28-14-16)22-12-19-7-10-29-25(32)23(19)24(31-22)30-21-3-1-17(2-4-21)18-5-8-27-9-6-18/h1-4,7,10-12,14-15,18,27H,5-6,8-9,13,26H2,(H,29,32)(H,30,31). The maximum absolute atomic E-state index is 12.6. The number of hydrogen-bond donors (Lipinski definition) is 4. The van der Waals surface area contributed by atoms with Gasteiger partial charge in [0.05, 0.1) is 11.1 Å². The smallest absolute Gasteiger partial charge is 0.259 e. The van der Waals surface area contributed by atoms with Crippen LogP contribution in [0.1, 0.15) is 29.9 Å². The molecular formula is C25H26N6O. The predicted octanol–water partition coefficient (Wildman–Crippen LogP) is 3.65. The average Bonchev–Trinajstić information content (AvgIpc) is 2.85. The molecule has 162 valence electrons. The predicted molar refractivity (Wildman–Crippen MR) is 128 cm³/mol. The molecule has 32 heavy (non-hydrogen) atoms. The van der Waals surface area contributed by atoms with Gasteiger partial charge in [-0.25, -0.2) is 4.98 Å². The summed E-state index contributed by atoms with van der Waals surface area (Å²) >= 11 is 0. The second-order valence-electron chi connectivity index (χ2n) is 8.18.